The monoisotopic (exact) mass is 369 g/mol. The van der Waals surface area contributed by atoms with E-state index in [1.54, 1.807) is 12.0 Å². The predicted molar refractivity (Wildman–Crippen MR) is 98.6 cm³/mol. The Morgan fingerprint density at radius 3 is 2.93 bits per heavy atom. The van der Waals surface area contributed by atoms with E-state index in [-0.39, 0.29) is 18.4 Å². The number of carboxylic acids is 1. The van der Waals surface area contributed by atoms with Crippen LogP contribution in [0.25, 0.3) is 11.4 Å². The number of carbonyl (C=O) groups is 2. The van der Waals surface area contributed by atoms with Crippen molar-refractivity contribution in [3.8, 4) is 17.1 Å². The smallest absolute Gasteiger partial charge is 0.311 e. The standard InChI is InChI=1S/C20H23N3O4/c1-12-16(22-17(21-12)13-5-3-7-15(9-13)27-2)18(24)23-10-14-6-4-8-20(14,11-23)19(25)26/h3,5,7,9,14H,4,6,8,10-11H2,1-2H3,(H,21,22)(H,25,26)/t14-,20+/m0/s1. The molecule has 1 aliphatic heterocycles. The van der Waals surface area contributed by atoms with E-state index < -0.39 is 11.4 Å². The highest BCUT2D eigenvalue weighted by Gasteiger charge is 2.56. The molecule has 2 atom stereocenters. The molecule has 1 aromatic carbocycles. The molecule has 1 amide bonds. The average molecular weight is 369 g/mol. The second kappa shape index (κ2) is 6.40. The van der Waals surface area contributed by atoms with Crippen molar-refractivity contribution in [2.75, 3.05) is 20.2 Å². The van der Waals surface area contributed by atoms with Crippen LogP contribution in [0.15, 0.2) is 24.3 Å². The lowest BCUT2D eigenvalue weighted by Gasteiger charge is -2.23. The summed E-state index contributed by atoms with van der Waals surface area (Å²) in [5.74, 6) is 0.368. The third-order valence-corrected chi connectivity index (χ3v) is 6.01. The minimum Gasteiger partial charge on any atom is -0.497 e. The lowest BCUT2D eigenvalue weighted by atomic mass is 9.81. The molecule has 7 nitrogen and oxygen atoms in total. The summed E-state index contributed by atoms with van der Waals surface area (Å²) in [6.07, 6.45) is 2.43. The number of imidazole rings is 1. The van der Waals surface area contributed by atoms with Crippen LogP contribution >= 0.6 is 0 Å². The number of rotatable bonds is 4. The van der Waals surface area contributed by atoms with E-state index in [0.717, 1.165) is 18.4 Å². The van der Waals surface area contributed by atoms with Gasteiger partial charge in [0, 0.05) is 24.3 Å². The van der Waals surface area contributed by atoms with E-state index in [2.05, 4.69) is 9.97 Å². The molecular weight excluding hydrogens is 346 g/mol. The molecule has 7 heteroatoms. The van der Waals surface area contributed by atoms with Crippen molar-refractivity contribution < 1.29 is 19.4 Å². The first-order valence-electron chi connectivity index (χ1n) is 9.18. The number of amides is 1. The molecule has 2 aromatic rings. The Morgan fingerprint density at radius 1 is 1.41 bits per heavy atom. The van der Waals surface area contributed by atoms with Gasteiger partial charge >= 0.3 is 5.97 Å². The molecule has 2 heterocycles. The van der Waals surface area contributed by atoms with Crippen LogP contribution in [0.4, 0.5) is 0 Å². The maximum Gasteiger partial charge on any atom is 0.311 e. The highest BCUT2D eigenvalue weighted by atomic mass is 16.5. The minimum atomic E-state index is -0.782. The number of aromatic nitrogens is 2. The van der Waals surface area contributed by atoms with Crippen LogP contribution < -0.4 is 4.74 Å². The third-order valence-electron chi connectivity index (χ3n) is 6.01. The third kappa shape index (κ3) is 2.78. The number of ether oxygens (including phenoxy) is 1. The summed E-state index contributed by atoms with van der Waals surface area (Å²) in [5.41, 5.74) is 1.08. The largest absolute Gasteiger partial charge is 0.497 e. The van der Waals surface area contributed by atoms with Crippen LogP contribution in [0.1, 0.15) is 35.4 Å². The highest BCUT2D eigenvalue weighted by Crippen LogP contribution is 2.49. The van der Waals surface area contributed by atoms with Crippen molar-refractivity contribution in [3.63, 3.8) is 0 Å². The van der Waals surface area contributed by atoms with Crippen molar-refractivity contribution >= 4 is 11.9 Å². The first-order valence-corrected chi connectivity index (χ1v) is 9.18. The zero-order valence-corrected chi connectivity index (χ0v) is 15.5. The molecule has 2 aliphatic rings. The number of benzene rings is 1. The molecular formula is C20H23N3O4. The first kappa shape index (κ1) is 17.6. The van der Waals surface area contributed by atoms with Crippen LogP contribution in [-0.2, 0) is 4.79 Å². The number of aryl methyl sites for hydroxylation is 1. The number of aromatic amines is 1. The molecule has 142 valence electrons. The zero-order chi connectivity index (χ0) is 19.2. The fraction of sp³-hybridized carbons (Fsp3) is 0.450. The molecule has 2 fully saturated rings. The van der Waals surface area contributed by atoms with Crippen LogP contribution in [0.3, 0.4) is 0 Å². The van der Waals surface area contributed by atoms with Gasteiger partial charge in [-0.15, -0.1) is 0 Å². The van der Waals surface area contributed by atoms with E-state index in [0.29, 0.717) is 35.9 Å². The average Bonchev–Trinajstić information content (AvgIpc) is 3.33. The van der Waals surface area contributed by atoms with Crippen molar-refractivity contribution in [2.24, 2.45) is 11.3 Å². The zero-order valence-electron chi connectivity index (χ0n) is 15.5. The van der Waals surface area contributed by atoms with Crippen molar-refractivity contribution in [2.45, 2.75) is 26.2 Å². The number of carboxylic acid groups (broad SMARTS) is 1. The van der Waals surface area contributed by atoms with E-state index >= 15 is 0 Å². The Kier molecular flexibility index (Phi) is 4.17. The molecule has 1 saturated heterocycles. The van der Waals surface area contributed by atoms with E-state index in [1.807, 2.05) is 31.2 Å². The first-order chi connectivity index (χ1) is 12.9. The van der Waals surface area contributed by atoms with Gasteiger partial charge in [-0.05, 0) is 37.8 Å². The molecule has 27 heavy (non-hydrogen) atoms. The maximum absolute atomic E-state index is 13.1. The Bertz CT molecular complexity index is 906. The lowest BCUT2D eigenvalue weighted by molar-refractivity contribution is -0.149. The molecule has 0 radical (unpaired) electrons. The Labute approximate surface area is 157 Å². The molecule has 1 aliphatic carbocycles. The number of likely N-dealkylation sites (tertiary alicyclic amines) is 1. The number of nitrogens with zero attached hydrogens (tertiary/aromatic N) is 2. The molecule has 1 aromatic heterocycles. The van der Waals surface area contributed by atoms with Gasteiger partial charge in [0.25, 0.3) is 5.91 Å². The van der Waals surface area contributed by atoms with Crippen LogP contribution in [0, 0.1) is 18.3 Å². The number of methoxy groups -OCH3 is 1. The topological polar surface area (TPSA) is 95.5 Å². The SMILES string of the molecule is COc1cccc(-c2nc(C(=O)N3C[C@@H]4CCC[C@@]4(C(=O)O)C3)c(C)[nH]2)c1. The van der Waals surface area contributed by atoms with Gasteiger partial charge in [0.15, 0.2) is 0 Å². The normalized spacial score (nSPS) is 24.1. The van der Waals surface area contributed by atoms with Crippen LogP contribution in [0.5, 0.6) is 5.75 Å². The van der Waals surface area contributed by atoms with Gasteiger partial charge < -0.3 is 19.7 Å². The predicted octanol–water partition coefficient (Wildman–Crippen LogP) is 2.72. The van der Waals surface area contributed by atoms with Gasteiger partial charge in [0.2, 0.25) is 0 Å². The van der Waals surface area contributed by atoms with Crippen molar-refractivity contribution in [1.82, 2.24) is 14.9 Å². The number of nitrogens with one attached hydrogen (secondary N) is 1. The van der Waals surface area contributed by atoms with Gasteiger partial charge in [-0.3, -0.25) is 9.59 Å². The number of hydrogen-bond acceptors (Lipinski definition) is 4. The summed E-state index contributed by atoms with van der Waals surface area (Å²) in [7, 11) is 1.60. The molecule has 0 spiro atoms. The summed E-state index contributed by atoms with van der Waals surface area (Å²) < 4.78 is 5.25. The van der Waals surface area contributed by atoms with Gasteiger partial charge in [-0.25, -0.2) is 4.98 Å². The summed E-state index contributed by atoms with van der Waals surface area (Å²) in [6, 6.07) is 7.46. The van der Waals surface area contributed by atoms with Crippen molar-refractivity contribution in [1.29, 1.82) is 0 Å². The second-order valence-electron chi connectivity index (χ2n) is 7.53. The van der Waals surface area contributed by atoms with E-state index in [4.69, 9.17) is 4.74 Å². The summed E-state index contributed by atoms with van der Waals surface area (Å²) >= 11 is 0. The van der Waals surface area contributed by atoms with Gasteiger partial charge in [0.05, 0.1) is 12.5 Å². The second-order valence-corrected chi connectivity index (χ2v) is 7.53. The van der Waals surface area contributed by atoms with E-state index in [9.17, 15) is 14.7 Å². The molecule has 0 bridgehead atoms. The quantitative estimate of drug-likeness (QED) is 0.864. The fourth-order valence-electron chi connectivity index (χ4n) is 4.52. The number of aliphatic carboxylic acids is 1. The molecule has 2 N–H and O–H groups in total. The van der Waals surface area contributed by atoms with Gasteiger partial charge in [-0.1, -0.05) is 18.6 Å². The lowest BCUT2D eigenvalue weighted by Crippen LogP contribution is -2.37. The molecule has 1 saturated carbocycles. The Hall–Kier alpha value is -2.83. The van der Waals surface area contributed by atoms with Crippen LogP contribution in [-0.4, -0.2) is 52.1 Å². The summed E-state index contributed by atoms with van der Waals surface area (Å²) in [4.78, 5) is 34.3. The number of carbonyl (C=O) groups excluding carboxylic acids is 1. The Morgan fingerprint density at radius 2 is 2.22 bits per heavy atom. The summed E-state index contributed by atoms with van der Waals surface area (Å²) in [6.45, 7) is 2.58. The Balaban J connectivity index is 1.60. The minimum absolute atomic E-state index is 0.0380. The number of H-pyrrole nitrogens is 1. The summed E-state index contributed by atoms with van der Waals surface area (Å²) in [5, 5.41) is 9.73. The van der Waals surface area contributed by atoms with E-state index in [1.165, 1.54) is 0 Å². The molecule has 0 unspecified atom stereocenters. The van der Waals surface area contributed by atoms with Crippen molar-refractivity contribution in [3.05, 3.63) is 35.7 Å². The van der Waals surface area contributed by atoms with Crippen LogP contribution in [0.2, 0.25) is 0 Å². The molecule has 4 rings (SSSR count). The number of hydrogen-bond donors (Lipinski definition) is 2. The maximum atomic E-state index is 13.1. The fourth-order valence-corrected chi connectivity index (χ4v) is 4.52. The highest BCUT2D eigenvalue weighted by molar-refractivity contribution is 5.95. The van der Waals surface area contributed by atoms with Gasteiger partial charge in [-0.2, -0.15) is 0 Å². The van der Waals surface area contributed by atoms with Gasteiger partial charge in [0.1, 0.15) is 17.3 Å². The number of fused-ring (bicyclic) bond motifs is 1.